The molecule has 0 fully saturated rings. The van der Waals surface area contributed by atoms with E-state index in [1.165, 1.54) is 0 Å². The van der Waals surface area contributed by atoms with Gasteiger partial charge in [-0.1, -0.05) is 15.9 Å². The van der Waals surface area contributed by atoms with E-state index in [1.54, 1.807) is 0 Å². The van der Waals surface area contributed by atoms with Gasteiger partial charge < -0.3 is 19.9 Å². The van der Waals surface area contributed by atoms with E-state index >= 15 is 0 Å². The second-order valence-corrected chi connectivity index (χ2v) is 4.61. The van der Waals surface area contributed by atoms with Gasteiger partial charge in [0.2, 0.25) is 0 Å². The molecule has 0 aliphatic heterocycles. The van der Waals surface area contributed by atoms with Gasteiger partial charge in [-0.15, -0.1) is 12.4 Å². The molecule has 0 spiro atoms. The van der Waals surface area contributed by atoms with Crippen LogP contribution in [0.1, 0.15) is 12.5 Å². The van der Waals surface area contributed by atoms with Gasteiger partial charge in [-0.05, 0) is 25.1 Å². The molecular formula is C13H21BrClNO3. The van der Waals surface area contributed by atoms with Crippen LogP contribution in [0.25, 0.3) is 0 Å². The zero-order chi connectivity index (χ0) is 13.2. The van der Waals surface area contributed by atoms with Crippen LogP contribution in [0.2, 0.25) is 0 Å². The van der Waals surface area contributed by atoms with Crippen LogP contribution in [0, 0.1) is 0 Å². The number of aliphatic hydroxyl groups is 1. The van der Waals surface area contributed by atoms with E-state index in [4.69, 9.17) is 14.6 Å². The Morgan fingerprint density at radius 2 is 2.11 bits per heavy atom. The number of nitrogens with one attached hydrogen (secondary N) is 1. The quantitative estimate of drug-likeness (QED) is 0.669. The largest absolute Gasteiger partial charge is 0.494 e. The minimum atomic E-state index is 0. The Morgan fingerprint density at radius 1 is 1.32 bits per heavy atom. The lowest BCUT2D eigenvalue weighted by Crippen LogP contribution is -2.20. The van der Waals surface area contributed by atoms with E-state index < -0.39 is 0 Å². The maximum absolute atomic E-state index is 8.56. The van der Waals surface area contributed by atoms with Gasteiger partial charge in [-0.2, -0.15) is 0 Å². The van der Waals surface area contributed by atoms with Crippen molar-refractivity contribution in [2.75, 3.05) is 33.0 Å². The van der Waals surface area contributed by atoms with E-state index in [1.807, 2.05) is 25.1 Å². The molecule has 0 radical (unpaired) electrons. The van der Waals surface area contributed by atoms with E-state index in [0.29, 0.717) is 19.8 Å². The highest BCUT2D eigenvalue weighted by Crippen LogP contribution is 2.23. The lowest BCUT2D eigenvalue weighted by molar-refractivity contribution is 0.0937. The highest BCUT2D eigenvalue weighted by molar-refractivity contribution is 9.10. The molecule has 0 aliphatic carbocycles. The van der Waals surface area contributed by atoms with Crippen LogP contribution >= 0.6 is 28.3 Å². The highest BCUT2D eigenvalue weighted by atomic mass is 79.9. The Labute approximate surface area is 129 Å². The smallest absolute Gasteiger partial charge is 0.123 e. The van der Waals surface area contributed by atoms with Gasteiger partial charge in [0.05, 0.1) is 26.4 Å². The minimum Gasteiger partial charge on any atom is -0.494 e. The number of hydrogen-bond acceptors (Lipinski definition) is 4. The van der Waals surface area contributed by atoms with Crippen molar-refractivity contribution in [3.05, 3.63) is 28.2 Å². The summed E-state index contributed by atoms with van der Waals surface area (Å²) in [7, 11) is 0. The van der Waals surface area contributed by atoms with Crippen molar-refractivity contribution in [3.63, 3.8) is 0 Å². The van der Waals surface area contributed by atoms with Gasteiger partial charge in [-0.25, -0.2) is 0 Å². The lowest BCUT2D eigenvalue weighted by atomic mass is 10.2. The molecule has 0 atom stereocenters. The predicted octanol–water partition coefficient (Wildman–Crippen LogP) is 2.37. The van der Waals surface area contributed by atoms with Crippen LogP contribution in [-0.2, 0) is 11.3 Å². The average Bonchev–Trinajstić information content (AvgIpc) is 2.37. The van der Waals surface area contributed by atoms with Crippen molar-refractivity contribution in [3.8, 4) is 5.75 Å². The molecule has 6 heteroatoms. The molecule has 1 aromatic rings. The third kappa shape index (κ3) is 7.74. The van der Waals surface area contributed by atoms with E-state index in [2.05, 4.69) is 21.2 Å². The summed E-state index contributed by atoms with van der Waals surface area (Å²) >= 11 is 3.45. The molecule has 4 nitrogen and oxygen atoms in total. The first-order valence-electron chi connectivity index (χ1n) is 6.08. The van der Waals surface area contributed by atoms with Crippen LogP contribution in [0.4, 0.5) is 0 Å². The number of benzene rings is 1. The average molecular weight is 355 g/mol. The number of halogens is 2. The van der Waals surface area contributed by atoms with Crippen molar-refractivity contribution in [1.29, 1.82) is 0 Å². The first kappa shape index (κ1) is 18.7. The van der Waals surface area contributed by atoms with Crippen LogP contribution in [-0.4, -0.2) is 38.1 Å². The normalized spacial score (nSPS) is 10.1. The summed E-state index contributed by atoms with van der Waals surface area (Å²) in [6.45, 7) is 5.17. The van der Waals surface area contributed by atoms with Crippen molar-refractivity contribution in [1.82, 2.24) is 5.32 Å². The fourth-order valence-electron chi connectivity index (χ4n) is 1.52. The van der Waals surface area contributed by atoms with Crippen LogP contribution in [0.3, 0.4) is 0 Å². The summed E-state index contributed by atoms with van der Waals surface area (Å²) in [6.07, 6.45) is 0. The molecule has 0 saturated heterocycles. The van der Waals surface area contributed by atoms with Gasteiger partial charge in [0.15, 0.2) is 0 Å². The molecule has 2 N–H and O–H groups in total. The van der Waals surface area contributed by atoms with Gasteiger partial charge in [0.25, 0.3) is 0 Å². The van der Waals surface area contributed by atoms with E-state index in [-0.39, 0.29) is 19.0 Å². The predicted molar refractivity (Wildman–Crippen MR) is 82.2 cm³/mol. The molecule has 0 unspecified atom stereocenters. The molecule has 19 heavy (non-hydrogen) atoms. The molecule has 0 heterocycles. The number of ether oxygens (including phenoxy) is 2. The van der Waals surface area contributed by atoms with Crippen molar-refractivity contribution >= 4 is 28.3 Å². The Hall–Kier alpha value is -0.330. The summed E-state index contributed by atoms with van der Waals surface area (Å²) in [6, 6.07) is 5.98. The van der Waals surface area contributed by atoms with Gasteiger partial charge in [0, 0.05) is 23.1 Å². The Bertz CT molecular complexity index is 353. The topological polar surface area (TPSA) is 50.7 Å². The van der Waals surface area contributed by atoms with Crippen LogP contribution in [0.5, 0.6) is 5.75 Å². The molecule has 0 bridgehead atoms. The summed E-state index contributed by atoms with van der Waals surface area (Å²) < 4.78 is 11.8. The monoisotopic (exact) mass is 353 g/mol. The number of aliphatic hydroxyl groups excluding tert-OH is 1. The summed E-state index contributed by atoms with van der Waals surface area (Å²) in [5.41, 5.74) is 1.12. The maximum Gasteiger partial charge on any atom is 0.123 e. The third-order valence-electron chi connectivity index (χ3n) is 2.30. The number of hydrogen-bond donors (Lipinski definition) is 2. The maximum atomic E-state index is 8.56. The summed E-state index contributed by atoms with van der Waals surface area (Å²) in [5.74, 6) is 0.907. The number of rotatable bonds is 9. The van der Waals surface area contributed by atoms with Gasteiger partial charge in [0.1, 0.15) is 5.75 Å². The lowest BCUT2D eigenvalue weighted by Gasteiger charge is -2.11. The molecule has 1 rings (SSSR count). The first-order chi connectivity index (χ1) is 8.77. The Kier molecular flexibility index (Phi) is 11.3. The Balaban J connectivity index is 0.00000324. The second kappa shape index (κ2) is 11.5. The van der Waals surface area contributed by atoms with E-state index in [9.17, 15) is 0 Å². The molecule has 0 saturated carbocycles. The molecule has 110 valence electrons. The van der Waals surface area contributed by atoms with Crippen molar-refractivity contribution < 1.29 is 14.6 Å². The minimum absolute atomic E-state index is 0. The molecule has 1 aromatic carbocycles. The van der Waals surface area contributed by atoms with Crippen LogP contribution in [0.15, 0.2) is 22.7 Å². The summed E-state index contributed by atoms with van der Waals surface area (Å²) in [4.78, 5) is 0. The standard InChI is InChI=1S/C13H20BrNO3.ClH/c1-2-18-13-4-3-12(14)9-11(13)10-15-5-7-17-8-6-16;/h3-4,9,15-16H,2,5-8,10H2,1H3;1H. The zero-order valence-corrected chi connectivity index (χ0v) is 13.4. The highest BCUT2D eigenvalue weighted by Gasteiger charge is 2.03. The van der Waals surface area contributed by atoms with Crippen molar-refractivity contribution in [2.45, 2.75) is 13.5 Å². The molecular weight excluding hydrogens is 334 g/mol. The second-order valence-electron chi connectivity index (χ2n) is 3.70. The first-order valence-corrected chi connectivity index (χ1v) is 6.87. The van der Waals surface area contributed by atoms with Gasteiger partial charge in [-0.3, -0.25) is 0 Å². The fraction of sp³-hybridized carbons (Fsp3) is 0.538. The Morgan fingerprint density at radius 3 is 2.79 bits per heavy atom. The van der Waals surface area contributed by atoms with E-state index in [0.717, 1.165) is 28.9 Å². The van der Waals surface area contributed by atoms with Crippen molar-refractivity contribution in [2.24, 2.45) is 0 Å². The molecule has 0 aromatic heterocycles. The SMILES string of the molecule is CCOc1ccc(Br)cc1CNCCOCCO.Cl. The van der Waals surface area contributed by atoms with Gasteiger partial charge >= 0.3 is 0 Å². The third-order valence-corrected chi connectivity index (χ3v) is 2.79. The zero-order valence-electron chi connectivity index (χ0n) is 11.0. The van der Waals surface area contributed by atoms with Crippen LogP contribution < -0.4 is 10.1 Å². The molecule has 0 amide bonds. The fourth-order valence-corrected chi connectivity index (χ4v) is 1.92. The summed E-state index contributed by atoms with van der Waals surface area (Å²) in [5, 5.41) is 11.8. The molecule has 0 aliphatic rings.